The predicted octanol–water partition coefficient (Wildman–Crippen LogP) is 3.17. The fourth-order valence-corrected chi connectivity index (χ4v) is 5.09. The Kier molecular flexibility index (Phi) is 9.21. The van der Waals surface area contributed by atoms with Crippen molar-refractivity contribution >= 4 is 28.0 Å². The van der Waals surface area contributed by atoms with Gasteiger partial charge in [0.1, 0.15) is 0 Å². The van der Waals surface area contributed by atoms with Gasteiger partial charge in [-0.2, -0.15) is 4.31 Å². The van der Waals surface area contributed by atoms with E-state index < -0.39 is 16.0 Å². The van der Waals surface area contributed by atoms with Crippen LogP contribution < -0.4 is 5.32 Å². The van der Waals surface area contributed by atoms with Crippen LogP contribution in [0.25, 0.3) is 6.08 Å². The average molecular weight is 471 g/mol. The molecule has 1 fully saturated rings. The summed E-state index contributed by atoms with van der Waals surface area (Å²) in [5, 5.41) is 2.71. The van der Waals surface area contributed by atoms with E-state index >= 15 is 0 Å². The third-order valence-corrected chi connectivity index (χ3v) is 7.33. The molecular weight excluding hydrogens is 440 g/mol. The summed E-state index contributed by atoms with van der Waals surface area (Å²) in [5.41, 5.74) is 1.78. The zero-order valence-electron chi connectivity index (χ0n) is 18.6. The summed E-state index contributed by atoms with van der Waals surface area (Å²) in [6, 6.07) is 16.2. The van der Waals surface area contributed by atoms with Crippen molar-refractivity contribution in [3.05, 3.63) is 71.8 Å². The van der Waals surface area contributed by atoms with Crippen LogP contribution in [-0.4, -0.2) is 50.8 Å². The zero-order chi connectivity index (χ0) is 23.5. The van der Waals surface area contributed by atoms with Crippen LogP contribution >= 0.6 is 0 Å². The summed E-state index contributed by atoms with van der Waals surface area (Å²) >= 11 is 0. The predicted molar refractivity (Wildman–Crippen MR) is 127 cm³/mol. The zero-order valence-corrected chi connectivity index (χ0v) is 19.4. The number of hydrogen-bond donors (Lipinski definition) is 1. The minimum Gasteiger partial charge on any atom is -0.452 e. The van der Waals surface area contributed by atoms with Gasteiger partial charge >= 0.3 is 5.97 Å². The van der Waals surface area contributed by atoms with Crippen LogP contribution in [0, 0.1) is 0 Å². The molecule has 2 aromatic rings. The molecule has 33 heavy (non-hydrogen) atoms. The quantitative estimate of drug-likeness (QED) is 0.449. The number of esters is 1. The van der Waals surface area contributed by atoms with E-state index in [0.717, 1.165) is 31.2 Å². The highest BCUT2D eigenvalue weighted by Crippen LogP contribution is 2.21. The molecule has 1 amide bonds. The molecule has 7 nitrogen and oxygen atoms in total. The molecule has 1 aliphatic heterocycles. The minimum atomic E-state index is -3.50. The molecule has 0 aromatic heterocycles. The Morgan fingerprint density at radius 2 is 1.61 bits per heavy atom. The van der Waals surface area contributed by atoms with Crippen molar-refractivity contribution in [1.29, 1.82) is 0 Å². The van der Waals surface area contributed by atoms with E-state index in [1.807, 2.05) is 30.3 Å². The number of amides is 1. The first-order valence-electron chi connectivity index (χ1n) is 11.2. The molecule has 0 spiro atoms. The van der Waals surface area contributed by atoms with Crippen molar-refractivity contribution in [2.24, 2.45) is 0 Å². The van der Waals surface area contributed by atoms with Gasteiger partial charge in [-0.25, -0.2) is 13.2 Å². The van der Waals surface area contributed by atoms with Crippen LogP contribution in [0.15, 0.2) is 65.6 Å². The third-order valence-electron chi connectivity index (χ3n) is 5.42. The Morgan fingerprint density at radius 1 is 0.939 bits per heavy atom. The van der Waals surface area contributed by atoms with Gasteiger partial charge in [0.25, 0.3) is 5.91 Å². The van der Waals surface area contributed by atoms with E-state index in [1.165, 1.54) is 12.2 Å². The lowest BCUT2D eigenvalue weighted by Crippen LogP contribution is -2.31. The molecule has 1 N–H and O–H groups in total. The highest BCUT2D eigenvalue weighted by molar-refractivity contribution is 7.89. The van der Waals surface area contributed by atoms with E-state index in [9.17, 15) is 18.0 Å². The van der Waals surface area contributed by atoms with Crippen molar-refractivity contribution < 1.29 is 22.7 Å². The minimum absolute atomic E-state index is 0.247. The number of carbonyl (C=O) groups is 2. The largest absolute Gasteiger partial charge is 0.452 e. The van der Waals surface area contributed by atoms with E-state index in [-0.39, 0.29) is 17.4 Å². The smallest absolute Gasteiger partial charge is 0.331 e. The maximum absolute atomic E-state index is 12.8. The fourth-order valence-electron chi connectivity index (χ4n) is 3.57. The summed E-state index contributed by atoms with van der Waals surface area (Å²) in [7, 11) is -3.50. The lowest BCUT2D eigenvalue weighted by molar-refractivity contribution is -0.143. The van der Waals surface area contributed by atoms with Gasteiger partial charge < -0.3 is 10.1 Å². The number of nitrogens with one attached hydrogen (secondary N) is 1. The normalized spacial score (nSPS) is 15.2. The molecule has 0 bridgehead atoms. The van der Waals surface area contributed by atoms with Gasteiger partial charge in [0.05, 0.1) is 4.90 Å². The molecular formula is C25H30N2O5S. The van der Waals surface area contributed by atoms with Crippen LogP contribution in [0.3, 0.4) is 0 Å². The fraction of sp³-hybridized carbons (Fsp3) is 0.360. The second-order valence-corrected chi connectivity index (χ2v) is 9.85. The molecule has 1 aliphatic rings. The Labute approximate surface area is 195 Å². The van der Waals surface area contributed by atoms with Gasteiger partial charge in [0, 0.05) is 25.7 Å². The number of ether oxygens (including phenoxy) is 1. The number of nitrogens with zero attached hydrogens (tertiary/aromatic N) is 1. The number of hydrogen-bond acceptors (Lipinski definition) is 5. The Bertz CT molecular complexity index is 1040. The molecule has 1 saturated heterocycles. The van der Waals surface area contributed by atoms with E-state index in [2.05, 4.69) is 5.32 Å². The summed E-state index contributed by atoms with van der Waals surface area (Å²) in [4.78, 5) is 24.0. The maximum Gasteiger partial charge on any atom is 0.331 e. The van der Waals surface area contributed by atoms with Crippen molar-refractivity contribution in [3.8, 4) is 0 Å². The van der Waals surface area contributed by atoms with Crippen LogP contribution in [0.1, 0.15) is 36.8 Å². The third kappa shape index (κ3) is 7.83. The van der Waals surface area contributed by atoms with E-state index in [1.54, 1.807) is 28.6 Å². The Morgan fingerprint density at radius 3 is 2.27 bits per heavy atom. The highest BCUT2D eigenvalue weighted by Gasteiger charge is 2.24. The molecule has 2 aromatic carbocycles. The number of carbonyl (C=O) groups excluding carboxylic acids is 2. The van der Waals surface area contributed by atoms with E-state index in [4.69, 9.17) is 4.74 Å². The van der Waals surface area contributed by atoms with Gasteiger partial charge in [0.15, 0.2) is 6.61 Å². The highest BCUT2D eigenvalue weighted by atomic mass is 32.2. The Hall–Kier alpha value is -2.97. The monoisotopic (exact) mass is 470 g/mol. The summed E-state index contributed by atoms with van der Waals surface area (Å²) in [5.74, 6) is -1.01. The molecule has 176 valence electrons. The first-order chi connectivity index (χ1) is 15.9. The van der Waals surface area contributed by atoms with Gasteiger partial charge in [-0.05, 0) is 48.6 Å². The second-order valence-electron chi connectivity index (χ2n) is 7.91. The van der Waals surface area contributed by atoms with Crippen molar-refractivity contribution in [2.75, 3.05) is 26.2 Å². The molecule has 8 heteroatoms. The number of sulfonamides is 1. The van der Waals surface area contributed by atoms with Gasteiger partial charge in [-0.1, -0.05) is 55.3 Å². The van der Waals surface area contributed by atoms with Crippen LogP contribution in [0.5, 0.6) is 0 Å². The summed E-state index contributed by atoms with van der Waals surface area (Å²) in [6.45, 7) is 1.21. The first kappa shape index (κ1) is 24.7. The molecule has 0 atom stereocenters. The molecule has 0 saturated carbocycles. The SMILES string of the molecule is O=C(COC(=O)/C=C/c1ccc(S(=O)(=O)N2CCCCCC2)cc1)NCCc1ccccc1. The lowest BCUT2D eigenvalue weighted by atomic mass is 10.1. The van der Waals surface area contributed by atoms with Gasteiger partial charge in [-0.3, -0.25) is 4.79 Å². The van der Waals surface area contributed by atoms with Gasteiger partial charge in [-0.15, -0.1) is 0 Å². The topological polar surface area (TPSA) is 92.8 Å². The summed E-state index contributed by atoms with van der Waals surface area (Å²) < 4.78 is 32.1. The number of rotatable bonds is 9. The Balaban J connectivity index is 1.43. The van der Waals surface area contributed by atoms with E-state index in [0.29, 0.717) is 31.6 Å². The second kappa shape index (κ2) is 12.3. The van der Waals surface area contributed by atoms with Crippen molar-refractivity contribution in [1.82, 2.24) is 9.62 Å². The average Bonchev–Trinajstić information content (AvgIpc) is 3.13. The first-order valence-corrected chi connectivity index (χ1v) is 12.6. The lowest BCUT2D eigenvalue weighted by Gasteiger charge is -2.19. The molecule has 0 aliphatic carbocycles. The van der Waals surface area contributed by atoms with Crippen LogP contribution in [0.4, 0.5) is 0 Å². The van der Waals surface area contributed by atoms with Gasteiger partial charge in [0.2, 0.25) is 10.0 Å². The summed E-state index contributed by atoms with van der Waals surface area (Å²) in [6.07, 6.45) is 7.32. The molecule has 3 rings (SSSR count). The molecule has 0 unspecified atom stereocenters. The van der Waals surface area contributed by atoms with Crippen LogP contribution in [-0.2, 0) is 30.8 Å². The molecule has 0 radical (unpaired) electrons. The number of benzene rings is 2. The van der Waals surface area contributed by atoms with Crippen LogP contribution in [0.2, 0.25) is 0 Å². The van der Waals surface area contributed by atoms with Crippen molar-refractivity contribution in [2.45, 2.75) is 37.0 Å². The molecule has 1 heterocycles. The van der Waals surface area contributed by atoms with Crippen molar-refractivity contribution in [3.63, 3.8) is 0 Å². The standard InChI is InChI=1S/C25H30N2O5S/c28-24(26-17-16-21-8-4-3-5-9-21)20-32-25(29)15-12-22-10-13-23(14-11-22)33(30,31)27-18-6-1-2-7-19-27/h3-5,8-15H,1-2,6-7,16-20H2,(H,26,28)/b15-12+. The maximum atomic E-state index is 12.8.